The van der Waals surface area contributed by atoms with Crippen LogP contribution in [0.2, 0.25) is 6.32 Å². The minimum atomic E-state index is -1.00. The molecule has 4 atom stereocenters. The van der Waals surface area contributed by atoms with Gasteiger partial charge in [0.25, 0.3) is 0 Å². The molecule has 0 bridgehead atoms. The number of nitrogens with zero attached hydrogens (tertiary/aromatic N) is 2. The van der Waals surface area contributed by atoms with Crippen LogP contribution in [0.4, 0.5) is 4.39 Å². The number of rotatable bonds is 10. The maximum atomic E-state index is 14.2. The van der Waals surface area contributed by atoms with Gasteiger partial charge < -0.3 is 14.8 Å². The Morgan fingerprint density at radius 1 is 1.04 bits per heavy atom. The largest absolute Gasteiger partial charge is 0.505 e. The Kier molecular flexibility index (Phi) is 10.1. The van der Waals surface area contributed by atoms with Crippen LogP contribution in [0, 0.1) is 23.6 Å². The number of carbonyl (C=O) groups excluding carboxylic acids is 2. The van der Waals surface area contributed by atoms with Crippen molar-refractivity contribution in [3.05, 3.63) is 82.2 Å². The first-order valence-corrected chi connectivity index (χ1v) is 17.1. The summed E-state index contributed by atoms with van der Waals surface area (Å²) in [5.41, 5.74) is 5.39. The van der Waals surface area contributed by atoms with Gasteiger partial charge in [0.2, 0.25) is 11.8 Å². The zero-order valence-electron chi connectivity index (χ0n) is 27.0. The molecule has 2 aromatic carbocycles. The summed E-state index contributed by atoms with van der Waals surface area (Å²) in [6.07, 6.45) is 7.92. The van der Waals surface area contributed by atoms with Crippen molar-refractivity contribution < 1.29 is 28.8 Å². The predicted octanol–water partition coefficient (Wildman–Crippen LogP) is 6.37. The molecule has 7 nitrogen and oxygen atoms in total. The van der Waals surface area contributed by atoms with E-state index in [1.165, 1.54) is 23.3 Å². The van der Waals surface area contributed by atoms with E-state index < -0.39 is 18.9 Å². The zero-order valence-corrected chi connectivity index (χ0v) is 27.0. The molecule has 2 amide bonds. The molecule has 0 aromatic heterocycles. The number of benzene rings is 2. The number of piperidine rings is 1. The number of hydrogen-bond acceptors (Lipinski definition) is 6. The van der Waals surface area contributed by atoms with Gasteiger partial charge in [-0.05, 0) is 86.0 Å². The standard InChI is InChI=1S/C37H46BFN2O5/c1-3-8-24(19-26-11-13-32(42)31(39)20-26)12-14-33-34-27(4-2)21-29-35(30(34)22-38(45)46-33)37(44)41(36(29)43)28-15-17-40(18-16-28)23-25-9-6-5-7-10-25/h5-7,9-11,13,19-20,28-30,33,35,42,45H,3-4,8,12,14-18,21-23H2,1-2H3/b24-19+/t29-,30+,33-,35-/m1/s1. The Morgan fingerprint density at radius 2 is 1.80 bits per heavy atom. The monoisotopic (exact) mass is 628 g/mol. The quantitative estimate of drug-likeness (QED) is 0.181. The molecule has 0 radical (unpaired) electrons. The molecule has 1 aliphatic carbocycles. The molecule has 0 spiro atoms. The number of imide groups is 1. The SMILES string of the molecule is CCC/C(=C\c1ccc(O)c(F)c1)CC[C@H]1OB(O)C[C@H]2C1=C(CC)C[C@H]1C(=O)N(C3CCN(Cc4ccccc4)CC3)C(=O)[C@H]12. The minimum Gasteiger partial charge on any atom is -0.505 e. The summed E-state index contributed by atoms with van der Waals surface area (Å²) < 4.78 is 20.2. The fourth-order valence-electron chi connectivity index (χ4n) is 8.42. The number of fused-ring (bicyclic) bond motifs is 3. The molecule has 3 aliphatic heterocycles. The third-order valence-electron chi connectivity index (χ3n) is 10.6. The van der Waals surface area contributed by atoms with Crippen molar-refractivity contribution in [2.75, 3.05) is 13.1 Å². The molecule has 2 N–H and O–H groups in total. The molecule has 46 heavy (non-hydrogen) atoms. The van der Waals surface area contributed by atoms with Gasteiger partial charge >= 0.3 is 7.12 Å². The van der Waals surface area contributed by atoms with Crippen molar-refractivity contribution in [1.29, 1.82) is 0 Å². The lowest BCUT2D eigenvalue weighted by molar-refractivity contribution is -0.144. The maximum Gasteiger partial charge on any atom is 0.455 e. The average molecular weight is 629 g/mol. The van der Waals surface area contributed by atoms with Crippen molar-refractivity contribution in [2.24, 2.45) is 17.8 Å². The Bertz CT molecular complexity index is 1490. The molecule has 0 unspecified atom stereocenters. The van der Waals surface area contributed by atoms with Crippen molar-refractivity contribution >= 4 is 25.0 Å². The number of likely N-dealkylation sites (tertiary alicyclic amines) is 2. The summed E-state index contributed by atoms with van der Waals surface area (Å²) in [4.78, 5) is 32.1. The van der Waals surface area contributed by atoms with Gasteiger partial charge in [0.15, 0.2) is 11.6 Å². The Morgan fingerprint density at radius 3 is 2.50 bits per heavy atom. The molecule has 3 heterocycles. The lowest BCUT2D eigenvalue weighted by Crippen LogP contribution is -2.48. The van der Waals surface area contributed by atoms with Gasteiger partial charge in [-0.2, -0.15) is 0 Å². The van der Waals surface area contributed by atoms with E-state index in [4.69, 9.17) is 4.65 Å². The van der Waals surface area contributed by atoms with Crippen molar-refractivity contribution in [3.63, 3.8) is 0 Å². The minimum absolute atomic E-state index is 0.0339. The number of carbonyl (C=O) groups is 2. The first-order valence-electron chi connectivity index (χ1n) is 17.1. The number of aromatic hydroxyl groups is 1. The smallest absolute Gasteiger partial charge is 0.455 e. The highest BCUT2D eigenvalue weighted by Gasteiger charge is 2.58. The van der Waals surface area contributed by atoms with Gasteiger partial charge in [-0.15, -0.1) is 0 Å². The second kappa shape index (κ2) is 14.2. The van der Waals surface area contributed by atoms with E-state index in [9.17, 15) is 24.1 Å². The van der Waals surface area contributed by atoms with E-state index in [2.05, 4.69) is 43.0 Å². The van der Waals surface area contributed by atoms with Crippen LogP contribution < -0.4 is 0 Å². The fraction of sp³-hybridized carbons (Fsp3) is 0.514. The predicted molar refractivity (Wildman–Crippen MR) is 177 cm³/mol. The number of amides is 2. The highest BCUT2D eigenvalue weighted by Crippen LogP contribution is 2.52. The van der Waals surface area contributed by atoms with Crippen LogP contribution in [0.1, 0.15) is 76.3 Å². The molecule has 244 valence electrons. The average Bonchev–Trinajstić information content (AvgIpc) is 3.30. The molecule has 3 saturated heterocycles. The van der Waals surface area contributed by atoms with Gasteiger partial charge in [-0.1, -0.05) is 73.9 Å². The molecule has 6 rings (SSSR count). The van der Waals surface area contributed by atoms with E-state index in [1.807, 2.05) is 12.1 Å². The Hall–Kier alpha value is -3.27. The fourth-order valence-corrected chi connectivity index (χ4v) is 8.42. The van der Waals surface area contributed by atoms with E-state index in [-0.39, 0.29) is 41.5 Å². The summed E-state index contributed by atoms with van der Waals surface area (Å²) in [7, 11) is -1.00. The van der Waals surface area contributed by atoms with E-state index in [0.29, 0.717) is 31.1 Å². The van der Waals surface area contributed by atoms with Gasteiger partial charge in [0.1, 0.15) is 0 Å². The number of allylic oxidation sites excluding steroid dienone is 2. The van der Waals surface area contributed by atoms with Crippen LogP contribution in [0.25, 0.3) is 6.08 Å². The van der Waals surface area contributed by atoms with Crippen molar-refractivity contribution in [2.45, 2.75) is 90.2 Å². The number of hydrogen-bond donors (Lipinski definition) is 2. The summed E-state index contributed by atoms with van der Waals surface area (Å²) in [5.74, 6) is -2.16. The summed E-state index contributed by atoms with van der Waals surface area (Å²) in [6, 6.07) is 14.7. The van der Waals surface area contributed by atoms with Crippen LogP contribution >= 0.6 is 0 Å². The van der Waals surface area contributed by atoms with E-state index >= 15 is 0 Å². The van der Waals surface area contributed by atoms with Crippen LogP contribution in [-0.2, 0) is 20.8 Å². The highest BCUT2D eigenvalue weighted by molar-refractivity contribution is 6.43. The van der Waals surface area contributed by atoms with Crippen LogP contribution in [0.5, 0.6) is 5.75 Å². The number of phenolic OH excluding ortho intramolecular Hbond substituents is 1. The van der Waals surface area contributed by atoms with Crippen molar-refractivity contribution in [3.8, 4) is 5.75 Å². The van der Waals surface area contributed by atoms with E-state index in [0.717, 1.165) is 62.9 Å². The lowest BCUT2D eigenvalue weighted by atomic mass is 9.58. The zero-order chi connectivity index (χ0) is 32.4. The van der Waals surface area contributed by atoms with Gasteiger partial charge in [0.05, 0.1) is 17.9 Å². The third-order valence-corrected chi connectivity index (χ3v) is 10.6. The normalized spacial score (nSPS) is 26.1. The number of phenols is 1. The van der Waals surface area contributed by atoms with Crippen LogP contribution in [-0.4, -0.2) is 64.1 Å². The highest BCUT2D eigenvalue weighted by atomic mass is 19.1. The summed E-state index contributed by atoms with van der Waals surface area (Å²) in [5, 5.41) is 20.5. The van der Waals surface area contributed by atoms with Crippen LogP contribution in [0.3, 0.4) is 0 Å². The summed E-state index contributed by atoms with van der Waals surface area (Å²) >= 11 is 0. The molecule has 9 heteroatoms. The van der Waals surface area contributed by atoms with E-state index in [1.54, 1.807) is 11.0 Å². The first kappa shape index (κ1) is 32.7. The third kappa shape index (κ3) is 6.73. The molecule has 2 aromatic rings. The lowest BCUT2D eigenvalue weighted by Gasteiger charge is -2.43. The van der Waals surface area contributed by atoms with Gasteiger partial charge in [0, 0.05) is 25.7 Å². The van der Waals surface area contributed by atoms with Crippen molar-refractivity contribution in [1.82, 2.24) is 9.80 Å². The van der Waals surface area contributed by atoms with Crippen LogP contribution in [0.15, 0.2) is 65.3 Å². The molecule has 0 saturated carbocycles. The molecular weight excluding hydrogens is 582 g/mol. The second-order valence-corrected chi connectivity index (χ2v) is 13.5. The van der Waals surface area contributed by atoms with Gasteiger partial charge in [-0.3, -0.25) is 19.4 Å². The second-order valence-electron chi connectivity index (χ2n) is 13.5. The maximum absolute atomic E-state index is 14.2. The Labute approximate surface area is 272 Å². The first-order chi connectivity index (χ1) is 22.3. The summed E-state index contributed by atoms with van der Waals surface area (Å²) in [6.45, 7) is 6.76. The molecule has 3 fully saturated rings. The van der Waals surface area contributed by atoms with Gasteiger partial charge in [-0.25, -0.2) is 4.39 Å². The molecular formula is C37H46BFN2O5. The number of halogens is 1. The molecule has 4 aliphatic rings. The Balaban J connectivity index is 1.17. The topological polar surface area (TPSA) is 90.3 Å².